The highest BCUT2D eigenvalue weighted by Gasteiger charge is 1.97. The lowest BCUT2D eigenvalue weighted by molar-refractivity contribution is 0.396. The minimum atomic E-state index is 0.292. The first-order valence-corrected chi connectivity index (χ1v) is 3.73. The smallest absolute Gasteiger partial charge is 0.251 e. The lowest BCUT2D eigenvalue weighted by Crippen LogP contribution is -1.88. The lowest BCUT2D eigenvalue weighted by Gasteiger charge is -1.96. The van der Waals surface area contributed by atoms with Crippen LogP contribution in [0.4, 0.5) is 0 Å². The molecular weight excluding hydrogens is 164 g/mol. The Morgan fingerprint density at radius 3 is 2.18 bits per heavy atom. The molecule has 62 valence electrons. The van der Waals surface area contributed by atoms with Crippen molar-refractivity contribution >= 4 is 11.6 Å². The minimum absolute atomic E-state index is 0.292. The first-order chi connectivity index (χ1) is 5.34. The van der Waals surface area contributed by atoms with Gasteiger partial charge in [-0.1, -0.05) is 25.4 Å². The Hall–Kier alpha value is -0.830. The standard InChI is InChI=1S/C5H5ClN2O.C2H6/c1-9-5-4(6)7-2-3-8-5;1-2/h2-3H,1H3;1-2H3. The van der Waals surface area contributed by atoms with Gasteiger partial charge in [0.05, 0.1) is 7.11 Å². The number of hydrogen-bond acceptors (Lipinski definition) is 3. The summed E-state index contributed by atoms with van der Waals surface area (Å²) in [5.41, 5.74) is 0. The van der Waals surface area contributed by atoms with Crippen molar-refractivity contribution in [3.8, 4) is 5.88 Å². The number of rotatable bonds is 1. The van der Waals surface area contributed by atoms with Crippen LogP contribution in [0, 0.1) is 0 Å². The van der Waals surface area contributed by atoms with Crippen molar-refractivity contribution in [1.29, 1.82) is 0 Å². The molecule has 0 saturated heterocycles. The highest BCUT2D eigenvalue weighted by Crippen LogP contribution is 2.15. The molecule has 3 nitrogen and oxygen atoms in total. The summed E-state index contributed by atoms with van der Waals surface area (Å²) >= 11 is 5.53. The van der Waals surface area contributed by atoms with Gasteiger partial charge in [-0.3, -0.25) is 0 Å². The zero-order chi connectivity index (χ0) is 8.69. The minimum Gasteiger partial charge on any atom is -0.479 e. The van der Waals surface area contributed by atoms with E-state index in [1.165, 1.54) is 19.5 Å². The molecule has 0 atom stereocenters. The SMILES string of the molecule is CC.COc1nccnc1Cl. The van der Waals surface area contributed by atoms with Crippen molar-refractivity contribution < 1.29 is 4.74 Å². The quantitative estimate of drug-likeness (QED) is 0.655. The maximum atomic E-state index is 5.53. The Morgan fingerprint density at radius 2 is 1.82 bits per heavy atom. The van der Waals surface area contributed by atoms with Gasteiger partial charge < -0.3 is 4.74 Å². The zero-order valence-electron chi connectivity index (χ0n) is 6.84. The third-order valence-electron chi connectivity index (χ3n) is 0.816. The Morgan fingerprint density at radius 1 is 1.27 bits per heavy atom. The van der Waals surface area contributed by atoms with Crippen LogP contribution in [0.15, 0.2) is 12.4 Å². The summed E-state index contributed by atoms with van der Waals surface area (Å²) in [5.74, 6) is 0.360. The summed E-state index contributed by atoms with van der Waals surface area (Å²) in [4.78, 5) is 7.51. The van der Waals surface area contributed by atoms with Crippen molar-refractivity contribution in [3.05, 3.63) is 17.5 Å². The molecule has 11 heavy (non-hydrogen) atoms. The Bertz CT molecular complexity index is 205. The third-order valence-corrected chi connectivity index (χ3v) is 1.08. The molecule has 1 heterocycles. The number of methoxy groups -OCH3 is 1. The molecule has 1 aromatic rings. The third kappa shape index (κ3) is 3.18. The largest absolute Gasteiger partial charge is 0.479 e. The fraction of sp³-hybridized carbons (Fsp3) is 0.429. The first kappa shape index (κ1) is 10.2. The second-order valence-corrected chi connectivity index (χ2v) is 1.71. The van der Waals surface area contributed by atoms with E-state index in [4.69, 9.17) is 16.3 Å². The van der Waals surface area contributed by atoms with E-state index in [2.05, 4.69) is 9.97 Å². The van der Waals surface area contributed by atoms with E-state index in [-0.39, 0.29) is 0 Å². The lowest BCUT2D eigenvalue weighted by atomic mass is 10.7. The molecule has 0 N–H and O–H groups in total. The second kappa shape index (κ2) is 5.92. The monoisotopic (exact) mass is 174 g/mol. The maximum Gasteiger partial charge on any atom is 0.251 e. The summed E-state index contributed by atoms with van der Waals surface area (Å²) < 4.78 is 4.74. The van der Waals surface area contributed by atoms with Crippen molar-refractivity contribution in [1.82, 2.24) is 9.97 Å². The van der Waals surface area contributed by atoms with Gasteiger partial charge in [0.2, 0.25) is 0 Å². The highest BCUT2D eigenvalue weighted by atomic mass is 35.5. The summed E-state index contributed by atoms with van der Waals surface area (Å²) in [6.07, 6.45) is 3.02. The molecule has 4 heteroatoms. The zero-order valence-corrected chi connectivity index (χ0v) is 7.59. The van der Waals surface area contributed by atoms with Crippen LogP contribution in [0.3, 0.4) is 0 Å². The van der Waals surface area contributed by atoms with E-state index in [1.807, 2.05) is 13.8 Å². The van der Waals surface area contributed by atoms with Gasteiger partial charge >= 0.3 is 0 Å². The molecule has 0 bridgehead atoms. The van der Waals surface area contributed by atoms with E-state index in [1.54, 1.807) is 0 Å². The summed E-state index contributed by atoms with van der Waals surface area (Å²) in [5, 5.41) is 0.292. The van der Waals surface area contributed by atoms with Crippen LogP contribution < -0.4 is 4.74 Å². The topological polar surface area (TPSA) is 35.0 Å². The van der Waals surface area contributed by atoms with Gasteiger partial charge in [-0.15, -0.1) is 0 Å². The number of hydrogen-bond donors (Lipinski definition) is 0. The molecular formula is C7H11ClN2O. The Balaban J connectivity index is 0.000000461. The van der Waals surface area contributed by atoms with Gasteiger partial charge in [0.25, 0.3) is 5.88 Å². The van der Waals surface area contributed by atoms with Crippen molar-refractivity contribution in [2.75, 3.05) is 7.11 Å². The molecule has 0 unspecified atom stereocenters. The number of ether oxygens (including phenoxy) is 1. The van der Waals surface area contributed by atoms with Crippen molar-refractivity contribution in [2.45, 2.75) is 13.8 Å². The van der Waals surface area contributed by atoms with Crippen LogP contribution in [-0.2, 0) is 0 Å². The predicted octanol–water partition coefficient (Wildman–Crippen LogP) is 2.16. The average Bonchev–Trinajstić information content (AvgIpc) is 2.09. The van der Waals surface area contributed by atoms with Gasteiger partial charge in [-0.25, -0.2) is 9.97 Å². The van der Waals surface area contributed by atoms with Crippen LogP contribution in [0.1, 0.15) is 13.8 Å². The molecule has 0 saturated carbocycles. The molecule has 0 aromatic carbocycles. The first-order valence-electron chi connectivity index (χ1n) is 3.35. The Kier molecular flexibility index (Phi) is 5.47. The van der Waals surface area contributed by atoms with Crippen molar-refractivity contribution in [3.63, 3.8) is 0 Å². The van der Waals surface area contributed by atoms with Gasteiger partial charge in [0.1, 0.15) is 0 Å². The van der Waals surface area contributed by atoms with Crippen LogP contribution in [0.2, 0.25) is 5.15 Å². The summed E-state index contributed by atoms with van der Waals surface area (Å²) in [6, 6.07) is 0. The molecule has 0 aliphatic heterocycles. The summed E-state index contributed by atoms with van der Waals surface area (Å²) in [6.45, 7) is 4.00. The average molecular weight is 175 g/mol. The van der Waals surface area contributed by atoms with Crippen LogP contribution >= 0.6 is 11.6 Å². The normalized spacial score (nSPS) is 8.00. The van der Waals surface area contributed by atoms with Crippen LogP contribution in [0.5, 0.6) is 5.88 Å². The second-order valence-electron chi connectivity index (χ2n) is 1.36. The van der Waals surface area contributed by atoms with Crippen molar-refractivity contribution in [2.24, 2.45) is 0 Å². The van der Waals surface area contributed by atoms with Gasteiger partial charge in [0.15, 0.2) is 5.15 Å². The van der Waals surface area contributed by atoms with E-state index < -0.39 is 0 Å². The van der Waals surface area contributed by atoms with Gasteiger partial charge in [-0.2, -0.15) is 0 Å². The molecule has 0 fully saturated rings. The molecule has 0 amide bonds. The summed E-state index contributed by atoms with van der Waals surface area (Å²) in [7, 11) is 1.50. The number of halogens is 1. The fourth-order valence-electron chi connectivity index (χ4n) is 0.445. The Labute approximate surface area is 71.4 Å². The molecule has 0 aliphatic rings. The predicted molar refractivity (Wildman–Crippen MR) is 44.9 cm³/mol. The molecule has 1 aromatic heterocycles. The van der Waals surface area contributed by atoms with E-state index in [9.17, 15) is 0 Å². The highest BCUT2D eigenvalue weighted by molar-refractivity contribution is 6.30. The van der Waals surface area contributed by atoms with Crippen LogP contribution in [0.25, 0.3) is 0 Å². The fourth-order valence-corrected chi connectivity index (χ4v) is 0.628. The van der Waals surface area contributed by atoms with E-state index in [0.717, 1.165) is 0 Å². The van der Waals surface area contributed by atoms with Crippen LogP contribution in [-0.4, -0.2) is 17.1 Å². The molecule has 1 rings (SSSR count). The van der Waals surface area contributed by atoms with E-state index in [0.29, 0.717) is 11.0 Å². The number of nitrogens with zero attached hydrogens (tertiary/aromatic N) is 2. The molecule has 0 radical (unpaired) electrons. The molecule has 0 spiro atoms. The van der Waals surface area contributed by atoms with Gasteiger partial charge in [0, 0.05) is 12.4 Å². The maximum absolute atomic E-state index is 5.53. The molecule has 0 aliphatic carbocycles. The van der Waals surface area contributed by atoms with E-state index >= 15 is 0 Å². The van der Waals surface area contributed by atoms with Gasteiger partial charge in [-0.05, 0) is 0 Å². The number of aromatic nitrogens is 2.